The molecule has 0 atom stereocenters. The summed E-state index contributed by atoms with van der Waals surface area (Å²) in [5.74, 6) is -1.16. The van der Waals surface area contributed by atoms with E-state index in [0.717, 1.165) is 16.6 Å². The summed E-state index contributed by atoms with van der Waals surface area (Å²) < 4.78 is 14.3. The number of benzene rings is 1. The largest absolute Gasteiger partial charge is 0.334 e. The summed E-state index contributed by atoms with van der Waals surface area (Å²) in [7, 11) is 0. The average Bonchev–Trinajstić information content (AvgIpc) is 2.38. The number of hydrogen-bond acceptors (Lipinski definition) is 2. The number of H-pyrrole nitrogens is 1. The van der Waals surface area contributed by atoms with Crippen molar-refractivity contribution in [2.75, 3.05) is 0 Å². The summed E-state index contributed by atoms with van der Waals surface area (Å²) in [5, 5.41) is -0.570. The van der Waals surface area contributed by atoms with Crippen LogP contribution in [0, 0.1) is 5.82 Å². The van der Waals surface area contributed by atoms with Crippen molar-refractivity contribution >= 4 is 11.6 Å². The van der Waals surface area contributed by atoms with E-state index >= 15 is 0 Å². The lowest BCUT2D eigenvalue weighted by Gasteiger charge is -2.10. The van der Waals surface area contributed by atoms with Gasteiger partial charge in [0.1, 0.15) is 0 Å². The van der Waals surface area contributed by atoms with Gasteiger partial charge < -0.3 is 0 Å². The third kappa shape index (κ3) is 2.46. The smallest absolute Gasteiger partial charge is 0.295 e. The van der Waals surface area contributed by atoms with Gasteiger partial charge in [0, 0.05) is 0 Å². The van der Waals surface area contributed by atoms with E-state index in [1.54, 1.807) is 24.3 Å². The maximum absolute atomic E-state index is 13.5. The summed E-state index contributed by atoms with van der Waals surface area (Å²) >= 11 is 5.44. The molecule has 0 bridgehead atoms. The number of para-hydroxylation sites is 1. The molecule has 100 valence electrons. The van der Waals surface area contributed by atoms with Crippen LogP contribution in [0.15, 0.2) is 33.9 Å². The van der Waals surface area contributed by atoms with Crippen molar-refractivity contribution in [2.45, 2.75) is 19.8 Å². The maximum atomic E-state index is 13.5. The average molecular weight is 283 g/mol. The van der Waals surface area contributed by atoms with Gasteiger partial charge in [-0.3, -0.25) is 9.78 Å². The second-order valence-corrected chi connectivity index (χ2v) is 4.46. The predicted molar refractivity (Wildman–Crippen MR) is 71.6 cm³/mol. The minimum Gasteiger partial charge on any atom is -0.295 e. The summed E-state index contributed by atoms with van der Waals surface area (Å²) in [6.07, 6.45) is 1.53. The number of nitrogens with one attached hydrogen (secondary N) is 1. The van der Waals surface area contributed by atoms with Gasteiger partial charge in [-0.15, -0.1) is 0 Å². The quantitative estimate of drug-likeness (QED) is 0.878. The van der Waals surface area contributed by atoms with E-state index in [1.807, 2.05) is 6.92 Å². The Hall–Kier alpha value is -1.88. The minimum absolute atomic E-state index is 0.381. The van der Waals surface area contributed by atoms with Crippen molar-refractivity contribution in [2.24, 2.45) is 0 Å². The van der Waals surface area contributed by atoms with Crippen LogP contribution in [0.4, 0.5) is 4.39 Å². The zero-order chi connectivity index (χ0) is 14.0. The van der Waals surface area contributed by atoms with Gasteiger partial charge in [-0.25, -0.2) is 9.36 Å². The monoisotopic (exact) mass is 282 g/mol. The molecule has 19 heavy (non-hydrogen) atoms. The van der Waals surface area contributed by atoms with Crippen LogP contribution < -0.4 is 11.2 Å². The molecule has 0 amide bonds. The maximum Gasteiger partial charge on any atom is 0.334 e. The highest BCUT2D eigenvalue weighted by atomic mass is 35.5. The molecule has 2 rings (SSSR count). The number of hydrogen-bond donors (Lipinski definition) is 1. The van der Waals surface area contributed by atoms with Gasteiger partial charge in [-0.1, -0.05) is 43.1 Å². The van der Waals surface area contributed by atoms with Gasteiger partial charge in [0.25, 0.3) is 5.56 Å². The van der Waals surface area contributed by atoms with Gasteiger partial charge >= 0.3 is 5.69 Å². The molecule has 1 N–H and O–H groups in total. The number of nitrogens with zero attached hydrogens (tertiary/aromatic N) is 1. The van der Waals surface area contributed by atoms with Crippen molar-refractivity contribution in [3.8, 4) is 5.69 Å². The SMILES string of the molecule is CCCc1ccccc1-n1c(=O)[nH]c(Cl)c(F)c1=O. The van der Waals surface area contributed by atoms with Crippen LogP contribution in [0.25, 0.3) is 5.69 Å². The first kappa shape index (κ1) is 13.5. The third-order valence-corrected chi connectivity index (χ3v) is 3.02. The second-order valence-electron chi connectivity index (χ2n) is 4.08. The Morgan fingerprint density at radius 3 is 2.68 bits per heavy atom. The number of rotatable bonds is 3. The van der Waals surface area contributed by atoms with Crippen LogP contribution in [-0.4, -0.2) is 9.55 Å². The van der Waals surface area contributed by atoms with Gasteiger partial charge in [0.2, 0.25) is 5.82 Å². The first-order chi connectivity index (χ1) is 9.06. The molecule has 0 spiro atoms. The standard InChI is InChI=1S/C13H12ClFN2O2/c1-2-5-8-6-3-4-7-9(8)17-12(18)10(15)11(14)16-13(17)19/h3-4,6-7H,2,5H2,1H3,(H,16,19). The molecule has 4 nitrogen and oxygen atoms in total. The normalized spacial score (nSPS) is 10.7. The second kappa shape index (κ2) is 5.40. The molecule has 0 fully saturated rings. The molecule has 0 unspecified atom stereocenters. The third-order valence-electron chi connectivity index (χ3n) is 2.76. The molecule has 6 heteroatoms. The topological polar surface area (TPSA) is 54.9 Å². The molecule has 0 aliphatic heterocycles. The molecule has 2 aromatic rings. The van der Waals surface area contributed by atoms with E-state index in [0.29, 0.717) is 12.1 Å². The summed E-state index contributed by atoms with van der Waals surface area (Å²) in [4.78, 5) is 25.8. The summed E-state index contributed by atoms with van der Waals surface area (Å²) in [5.41, 5.74) is -0.609. The number of aromatic nitrogens is 2. The van der Waals surface area contributed by atoms with Crippen molar-refractivity contribution < 1.29 is 4.39 Å². The van der Waals surface area contributed by atoms with Crippen LogP contribution in [-0.2, 0) is 6.42 Å². The molecule has 1 heterocycles. The highest BCUT2D eigenvalue weighted by Crippen LogP contribution is 2.14. The fraction of sp³-hybridized carbons (Fsp3) is 0.231. The molecule has 0 saturated heterocycles. The molecule has 1 aromatic carbocycles. The Kier molecular flexibility index (Phi) is 3.85. The summed E-state index contributed by atoms with van der Waals surface area (Å²) in [6.45, 7) is 1.98. The lowest BCUT2D eigenvalue weighted by Crippen LogP contribution is -2.36. The van der Waals surface area contributed by atoms with Crippen LogP contribution in [0.2, 0.25) is 5.15 Å². The van der Waals surface area contributed by atoms with E-state index in [-0.39, 0.29) is 0 Å². The lowest BCUT2D eigenvalue weighted by molar-refractivity contribution is 0.584. The molecular formula is C13H12ClFN2O2. The van der Waals surface area contributed by atoms with Gasteiger partial charge in [-0.05, 0) is 18.1 Å². The van der Waals surface area contributed by atoms with Crippen molar-refractivity contribution in [3.05, 3.63) is 61.6 Å². The van der Waals surface area contributed by atoms with Gasteiger partial charge in [0.15, 0.2) is 5.15 Å². The number of halogens is 2. The van der Waals surface area contributed by atoms with Crippen LogP contribution in [0.3, 0.4) is 0 Å². The number of aryl methyl sites for hydroxylation is 1. The van der Waals surface area contributed by atoms with Crippen molar-refractivity contribution in [1.82, 2.24) is 9.55 Å². The van der Waals surface area contributed by atoms with Crippen molar-refractivity contribution in [1.29, 1.82) is 0 Å². The molecule has 1 aromatic heterocycles. The predicted octanol–water partition coefficient (Wildman–Crippen LogP) is 2.27. The lowest BCUT2D eigenvalue weighted by atomic mass is 10.1. The van der Waals surface area contributed by atoms with E-state index in [2.05, 4.69) is 4.98 Å². The van der Waals surface area contributed by atoms with Crippen LogP contribution >= 0.6 is 11.6 Å². The van der Waals surface area contributed by atoms with Crippen LogP contribution in [0.1, 0.15) is 18.9 Å². The van der Waals surface area contributed by atoms with E-state index in [4.69, 9.17) is 11.6 Å². The van der Waals surface area contributed by atoms with E-state index in [9.17, 15) is 14.0 Å². The molecule has 0 radical (unpaired) electrons. The fourth-order valence-electron chi connectivity index (χ4n) is 1.92. The van der Waals surface area contributed by atoms with E-state index < -0.39 is 22.2 Å². The first-order valence-electron chi connectivity index (χ1n) is 5.85. The van der Waals surface area contributed by atoms with E-state index in [1.165, 1.54) is 0 Å². The zero-order valence-corrected chi connectivity index (χ0v) is 11.0. The Morgan fingerprint density at radius 1 is 1.32 bits per heavy atom. The van der Waals surface area contributed by atoms with Gasteiger partial charge in [-0.2, -0.15) is 4.39 Å². The first-order valence-corrected chi connectivity index (χ1v) is 6.22. The number of aromatic amines is 1. The molecule has 0 aliphatic rings. The van der Waals surface area contributed by atoms with Crippen molar-refractivity contribution in [3.63, 3.8) is 0 Å². The Morgan fingerprint density at radius 2 is 2.00 bits per heavy atom. The molecule has 0 aliphatic carbocycles. The van der Waals surface area contributed by atoms with Crippen LogP contribution in [0.5, 0.6) is 0 Å². The highest BCUT2D eigenvalue weighted by molar-refractivity contribution is 6.29. The Bertz CT molecular complexity index is 721. The molecule has 0 saturated carbocycles. The van der Waals surface area contributed by atoms with Gasteiger partial charge in [0.05, 0.1) is 5.69 Å². The Labute approximate surface area is 113 Å². The minimum atomic E-state index is -1.16. The molecular weight excluding hydrogens is 271 g/mol. The summed E-state index contributed by atoms with van der Waals surface area (Å²) in [6, 6.07) is 6.90. The fourth-order valence-corrected chi connectivity index (χ4v) is 2.08. The zero-order valence-electron chi connectivity index (χ0n) is 10.2. The highest BCUT2D eigenvalue weighted by Gasteiger charge is 2.15. The Balaban J connectivity index is 2.77.